The van der Waals surface area contributed by atoms with Crippen LogP contribution in [0.2, 0.25) is 0 Å². The number of ketones is 2. The first-order valence-corrected chi connectivity index (χ1v) is 13.9. The van der Waals surface area contributed by atoms with E-state index < -0.39 is 0 Å². The topological polar surface area (TPSA) is 46.2 Å². The summed E-state index contributed by atoms with van der Waals surface area (Å²) >= 11 is 0. The van der Waals surface area contributed by atoms with Gasteiger partial charge in [0.15, 0.2) is 11.6 Å². The van der Waals surface area contributed by atoms with Gasteiger partial charge in [0.05, 0.1) is 0 Å². The standard InChI is InChI=1S/C32H43NO2.ClH/c1-2-3-4-5-6-7-8-9-10-11-12-13-17-22-29-30(25-33-26-20-15-14-16-21-26)32(35)28-24-19-18-23-27(28)31(29)34;/h14-16,18-21,23-24,33H,2-13,17,22,25H2,1H3;1H. The fourth-order valence-corrected chi connectivity index (χ4v) is 5.00. The Hall–Kier alpha value is -2.39. The van der Waals surface area contributed by atoms with Gasteiger partial charge in [-0.3, -0.25) is 9.59 Å². The minimum absolute atomic E-state index is 0. The van der Waals surface area contributed by atoms with Crippen molar-refractivity contribution in [3.8, 4) is 0 Å². The van der Waals surface area contributed by atoms with Gasteiger partial charge in [0, 0.05) is 34.5 Å². The molecule has 2 aromatic carbocycles. The van der Waals surface area contributed by atoms with Crippen molar-refractivity contribution in [3.63, 3.8) is 0 Å². The highest BCUT2D eigenvalue weighted by molar-refractivity contribution is 6.27. The number of nitrogens with one attached hydrogen (secondary N) is 1. The number of fused-ring (bicyclic) bond motifs is 1. The lowest BCUT2D eigenvalue weighted by atomic mass is 9.82. The Labute approximate surface area is 224 Å². The molecule has 0 saturated heterocycles. The summed E-state index contributed by atoms with van der Waals surface area (Å²) in [5.74, 6) is 0.0253. The van der Waals surface area contributed by atoms with Crippen LogP contribution in [-0.2, 0) is 0 Å². The maximum atomic E-state index is 13.3. The molecule has 0 amide bonds. The molecule has 0 atom stereocenters. The van der Waals surface area contributed by atoms with Gasteiger partial charge in [0.25, 0.3) is 0 Å². The Morgan fingerprint density at radius 3 is 1.53 bits per heavy atom. The summed E-state index contributed by atoms with van der Waals surface area (Å²) < 4.78 is 0. The molecule has 0 heterocycles. The third-order valence-corrected chi connectivity index (χ3v) is 7.10. The first-order chi connectivity index (χ1) is 17.2. The second-order valence-electron chi connectivity index (χ2n) is 9.87. The van der Waals surface area contributed by atoms with Crippen molar-refractivity contribution in [1.29, 1.82) is 0 Å². The number of unbranched alkanes of at least 4 members (excludes halogenated alkanes) is 12. The normalized spacial score (nSPS) is 12.9. The van der Waals surface area contributed by atoms with E-state index in [4.69, 9.17) is 0 Å². The molecule has 0 bridgehead atoms. The number of benzene rings is 2. The summed E-state index contributed by atoms with van der Waals surface area (Å²) in [5, 5.41) is 3.34. The number of Topliss-reactive ketones (excluding diaryl/α,β-unsaturated/α-hetero) is 2. The molecule has 0 saturated carbocycles. The molecule has 0 aromatic heterocycles. The van der Waals surface area contributed by atoms with Gasteiger partial charge in [-0.25, -0.2) is 0 Å². The molecule has 196 valence electrons. The molecule has 1 aliphatic carbocycles. The third-order valence-electron chi connectivity index (χ3n) is 7.10. The fourth-order valence-electron chi connectivity index (χ4n) is 5.00. The van der Waals surface area contributed by atoms with E-state index in [0.29, 0.717) is 35.2 Å². The zero-order valence-electron chi connectivity index (χ0n) is 22.0. The van der Waals surface area contributed by atoms with Crippen molar-refractivity contribution in [1.82, 2.24) is 0 Å². The van der Waals surface area contributed by atoms with Crippen molar-refractivity contribution in [3.05, 3.63) is 76.9 Å². The molecule has 1 N–H and O–H groups in total. The number of hydrogen-bond donors (Lipinski definition) is 1. The highest BCUT2D eigenvalue weighted by atomic mass is 35.5. The predicted octanol–water partition coefficient (Wildman–Crippen LogP) is 9.38. The number of allylic oxidation sites excluding steroid dienone is 1. The molecule has 0 radical (unpaired) electrons. The molecule has 0 aliphatic heterocycles. The summed E-state index contributed by atoms with van der Waals surface area (Å²) in [4.78, 5) is 26.6. The van der Waals surface area contributed by atoms with Crippen molar-refractivity contribution < 1.29 is 9.59 Å². The molecular formula is C32H44ClNO2. The first kappa shape index (κ1) is 29.8. The molecule has 1 aliphatic rings. The summed E-state index contributed by atoms with van der Waals surface area (Å²) in [6.07, 6.45) is 17.5. The molecule has 36 heavy (non-hydrogen) atoms. The lowest BCUT2D eigenvalue weighted by Crippen LogP contribution is -2.26. The molecule has 0 spiro atoms. The Balaban J connectivity index is 0.00000456. The van der Waals surface area contributed by atoms with Crippen molar-refractivity contribution in [2.24, 2.45) is 0 Å². The highest BCUT2D eigenvalue weighted by Crippen LogP contribution is 2.30. The second kappa shape index (κ2) is 17.1. The number of rotatable bonds is 17. The first-order valence-electron chi connectivity index (χ1n) is 13.9. The monoisotopic (exact) mass is 509 g/mol. The Morgan fingerprint density at radius 2 is 1.00 bits per heavy atom. The number of anilines is 1. The summed E-state index contributed by atoms with van der Waals surface area (Å²) in [5.41, 5.74) is 3.40. The van der Waals surface area contributed by atoms with E-state index in [9.17, 15) is 9.59 Å². The van der Waals surface area contributed by atoms with Crippen LogP contribution in [0.15, 0.2) is 65.7 Å². The van der Waals surface area contributed by atoms with E-state index in [1.807, 2.05) is 42.5 Å². The lowest BCUT2D eigenvalue weighted by Gasteiger charge is -2.22. The minimum Gasteiger partial charge on any atom is -0.381 e. The summed E-state index contributed by atoms with van der Waals surface area (Å²) in [6, 6.07) is 17.1. The zero-order valence-corrected chi connectivity index (χ0v) is 22.8. The zero-order chi connectivity index (χ0) is 24.7. The molecule has 4 heteroatoms. The van der Waals surface area contributed by atoms with Crippen LogP contribution >= 0.6 is 12.4 Å². The van der Waals surface area contributed by atoms with Crippen LogP contribution in [0.5, 0.6) is 0 Å². The quantitative estimate of drug-likeness (QED) is 0.216. The van der Waals surface area contributed by atoms with Crippen LogP contribution in [-0.4, -0.2) is 18.1 Å². The van der Waals surface area contributed by atoms with E-state index in [2.05, 4.69) is 12.2 Å². The van der Waals surface area contributed by atoms with E-state index in [1.165, 1.54) is 70.6 Å². The summed E-state index contributed by atoms with van der Waals surface area (Å²) in [7, 11) is 0. The molecule has 3 rings (SSSR count). The average molecular weight is 510 g/mol. The van der Waals surface area contributed by atoms with Crippen LogP contribution in [0, 0.1) is 0 Å². The second-order valence-corrected chi connectivity index (χ2v) is 9.87. The predicted molar refractivity (Wildman–Crippen MR) is 155 cm³/mol. The minimum atomic E-state index is -0.00618. The van der Waals surface area contributed by atoms with E-state index in [-0.39, 0.29) is 24.0 Å². The van der Waals surface area contributed by atoms with Crippen molar-refractivity contribution in [2.75, 3.05) is 11.9 Å². The van der Waals surface area contributed by atoms with Crippen LogP contribution in [0.3, 0.4) is 0 Å². The average Bonchev–Trinajstić information content (AvgIpc) is 2.89. The number of halogens is 1. The smallest absolute Gasteiger partial charge is 0.191 e. The molecule has 2 aromatic rings. The maximum Gasteiger partial charge on any atom is 0.191 e. The van der Waals surface area contributed by atoms with Crippen LogP contribution in [0.1, 0.15) is 118 Å². The van der Waals surface area contributed by atoms with Crippen molar-refractivity contribution >= 4 is 29.7 Å². The molecular weight excluding hydrogens is 466 g/mol. The van der Waals surface area contributed by atoms with Gasteiger partial charge >= 0.3 is 0 Å². The largest absolute Gasteiger partial charge is 0.381 e. The maximum absolute atomic E-state index is 13.3. The Kier molecular flexibility index (Phi) is 14.2. The number of carbonyl (C=O) groups is 2. The Morgan fingerprint density at radius 1 is 0.556 bits per heavy atom. The van der Waals surface area contributed by atoms with E-state index >= 15 is 0 Å². The van der Waals surface area contributed by atoms with Gasteiger partial charge in [-0.2, -0.15) is 0 Å². The Bertz CT molecular complexity index is 967. The number of para-hydroxylation sites is 1. The fraction of sp³-hybridized carbons (Fsp3) is 0.500. The molecule has 0 unspecified atom stereocenters. The van der Waals surface area contributed by atoms with E-state index in [0.717, 1.165) is 18.5 Å². The number of carbonyl (C=O) groups excluding carboxylic acids is 2. The van der Waals surface area contributed by atoms with Crippen LogP contribution in [0.4, 0.5) is 5.69 Å². The van der Waals surface area contributed by atoms with Gasteiger partial charge in [0.1, 0.15) is 0 Å². The van der Waals surface area contributed by atoms with Crippen LogP contribution < -0.4 is 5.32 Å². The molecule has 3 nitrogen and oxygen atoms in total. The lowest BCUT2D eigenvalue weighted by molar-refractivity contribution is 0.0971. The van der Waals surface area contributed by atoms with Gasteiger partial charge in [-0.1, -0.05) is 126 Å². The SMILES string of the molecule is CCCCCCCCCCCCCCCC1=C(CNc2ccccc2)C(=O)c2ccccc2C1=O.Cl. The van der Waals surface area contributed by atoms with Crippen molar-refractivity contribution in [2.45, 2.75) is 96.8 Å². The van der Waals surface area contributed by atoms with Gasteiger partial charge in [-0.05, 0) is 25.0 Å². The summed E-state index contributed by atoms with van der Waals surface area (Å²) in [6.45, 7) is 2.65. The van der Waals surface area contributed by atoms with E-state index in [1.54, 1.807) is 12.1 Å². The molecule has 0 fully saturated rings. The van der Waals surface area contributed by atoms with Crippen LogP contribution in [0.25, 0.3) is 0 Å². The van der Waals surface area contributed by atoms with Gasteiger partial charge in [0.2, 0.25) is 0 Å². The number of hydrogen-bond acceptors (Lipinski definition) is 3. The van der Waals surface area contributed by atoms with Gasteiger partial charge in [-0.15, -0.1) is 12.4 Å². The van der Waals surface area contributed by atoms with Gasteiger partial charge < -0.3 is 5.32 Å². The third kappa shape index (κ3) is 9.24. The highest BCUT2D eigenvalue weighted by Gasteiger charge is 2.31.